The summed E-state index contributed by atoms with van der Waals surface area (Å²) in [7, 11) is 0. The molecule has 1 atom stereocenters. The van der Waals surface area contributed by atoms with Crippen LogP contribution < -0.4 is 0 Å². The van der Waals surface area contributed by atoms with Crippen molar-refractivity contribution in [3.8, 4) is 10.4 Å². The number of aryl methyl sites for hydroxylation is 2. The van der Waals surface area contributed by atoms with E-state index in [1.807, 2.05) is 42.6 Å². The standard InChI is InChI=1S/C24H19ClFNO2S2/c1-13-7-9-30-23(13)18-11-16(26)12-19-21(18)24(31-17-4-2-15(25)3-5-17)22-14(10-20(28)29)6-8-27(19)22/h2-5,7,9,11-12,14H,6,8,10H2,1H3,(H,28,29). The molecule has 1 N–H and O–H groups in total. The van der Waals surface area contributed by atoms with Crippen LogP contribution in [0.1, 0.15) is 30.0 Å². The summed E-state index contributed by atoms with van der Waals surface area (Å²) in [5.41, 5.74) is 3.81. The molecule has 158 valence electrons. The average molecular weight is 472 g/mol. The van der Waals surface area contributed by atoms with Crippen molar-refractivity contribution in [2.24, 2.45) is 0 Å². The van der Waals surface area contributed by atoms with Gasteiger partial charge in [0, 0.05) is 48.8 Å². The van der Waals surface area contributed by atoms with E-state index in [-0.39, 0.29) is 18.2 Å². The number of carboxylic acids is 1. The van der Waals surface area contributed by atoms with E-state index >= 15 is 0 Å². The number of rotatable bonds is 5. The molecule has 0 radical (unpaired) electrons. The van der Waals surface area contributed by atoms with Crippen LogP contribution in [0.5, 0.6) is 0 Å². The van der Waals surface area contributed by atoms with Gasteiger partial charge in [-0.3, -0.25) is 4.79 Å². The second kappa shape index (κ2) is 8.01. The first-order valence-electron chi connectivity index (χ1n) is 9.97. The van der Waals surface area contributed by atoms with Crippen molar-refractivity contribution in [2.75, 3.05) is 0 Å². The van der Waals surface area contributed by atoms with Gasteiger partial charge in [-0.05, 0) is 66.8 Å². The van der Waals surface area contributed by atoms with Crippen molar-refractivity contribution in [1.29, 1.82) is 0 Å². The third-order valence-corrected chi connectivity index (χ3v) is 8.20. The minimum Gasteiger partial charge on any atom is -0.481 e. The fourth-order valence-corrected chi connectivity index (χ4v) is 6.74. The molecule has 0 saturated heterocycles. The first-order valence-corrected chi connectivity index (χ1v) is 12.0. The quantitative estimate of drug-likeness (QED) is 0.326. The number of benzene rings is 2. The first kappa shape index (κ1) is 20.6. The lowest BCUT2D eigenvalue weighted by molar-refractivity contribution is -0.137. The zero-order valence-electron chi connectivity index (χ0n) is 16.7. The lowest BCUT2D eigenvalue weighted by Crippen LogP contribution is -2.04. The number of hydrogen-bond acceptors (Lipinski definition) is 3. The summed E-state index contributed by atoms with van der Waals surface area (Å²) in [6, 6.07) is 12.9. The summed E-state index contributed by atoms with van der Waals surface area (Å²) >= 11 is 9.27. The van der Waals surface area contributed by atoms with Crippen LogP contribution in [0.25, 0.3) is 21.3 Å². The fraction of sp³-hybridized carbons (Fsp3) is 0.208. The molecular weight excluding hydrogens is 453 g/mol. The van der Waals surface area contributed by atoms with Gasteiger partial charge < -0.3 is 9.67 Å². The molecule has 1 aliphatic heterocycles. The van der Waals surface area contributed by atoms with Crippen LogP contribution in [0, 0.1) is 12.7 Å². The van der Waals surface area contributed by atoms with Crippen LogP contribution in [0.15, 0.2) is 57.6 Å². The second-order valence-electron chi connectivity index (χ2n) is 7.79. The summed E-state index contributed by atoms with van der Waals surface area (Å²) in [5, 5.41) is 13.2. The zero-order valence-corrected chi connectivity index (χ0v) is 19.1. The third kappa shape index (κ3) is 3.67. The van der Waals surface area contributed by atoms with E-state index in [1.165, 1.54) is 0 Å². The molecule has 4 aromatic rings. The molecule has 0 bridgehead atoms. The number of halogens is 2. The Bertz CT molecular complexity index is 1310. The van der Waals surface area contributed by atoms with Crippen molar-refractivity contribution >= 4 is 51.6 Å². The monoisotopic (exact) mass is 471 g/mol. The number of fused-ring (bicyclic) bond motifs is 3. The van der Waals surface area contributed by atoms with Gasteiger partial charge in [0.2, 0.25) is 0 Å². The zero-order chi connectivity index (χ0) is 21.7. The maximum absolute atomic E-state index is 14.8. The molecular formula is C24H19ClFNO2S2. The largest absolute Gasteiger partial charge is 0.481 e. The van der Waals surface area contributed by atoms with Gasteiger partial charge in [-0.25, -0.2) is 4.39 Å². The summed E-state index contributed by atoms with van der Waals surface area (Å²) in [4.78, 5) is 14.6. The predicted octanol–water partition coefficient (Wildman–Crippen LogP) is 7.58. The molecule has 2 aromatic heterocycles. The molecule has 0 aliphatic carbocycles. The lowest BCUT2D eigenvalue weighted by atomic mass is 9.98. The molecule has 0 fully saturated rings. The van der Waals surface area contributed by atoms with Crippen LogP contribution in [-0.4, -0.2) is 15.6 Å². The van der Waals surface area contributed by atoms with Crippen molar-refractivity contribution in [3.63, 3.8) is 0 Å². The van der Waals surface area contributed by atoms with E-state index in [4.69, 9.17) is 11.6 Å². The van der Waals surface area contributed by atoms with Crippen LogP contribution >= 0.6 is 34.7 Å². The molecule has 3 nitrogen and oxygen atoms in total. The van der Waals surface area contributed by atoms with Crippen LogP contribution in [0.3, 0.4) is 0 Å². The summed E-state index contributed by atoms with van der Waals surface area (Å²) in [5.74, 6) is -1.19. The first-order chi connectivity index (χ1) is 14.9. The average Bonchev–Trinajstić information content (AvgIpc) is 3.40. The molecule has 2 aromatic carbocycles. The number of nitrogens with zero attached hydrogens (tertiary/aromatic N) is 1. The summed E-state index contributed by atoms with van der Waals surface area (Å²) in [6.45, 7) is 2.73. The smallest absolute Gasteiger partial charge is 0.304 e. The Kier molecular flexibility index (Phi) is 5.32. The summed E-state index contributed by atoms with van der Waals surface area (Å²) in [6.07, 6.45) is 0.815. The van der Waals surface area contributed by atoms with E-state index in [9.17, 15) is 14.3 Å². The molecule has 7 heteroatoms. The molecule has 5 rings (SSSR count). The second-order valence-corrected chi connectivity index (χ2v) is 10.2. The Hall–Kier alpha value is -2.28. The number of hydrogen-bond donors (Lipinski definition) is 1. The highest BCUT2D eigenvalue weighted by Crippen LogP contribution is 2.50. The SMILES string of the molecule is Cc1ccsc1-c1cc(F)cc2c1c(Sc1ccc(Cl)cc1)c1n2CCC1CC(=O)O. The van der Waals surface area contributed by atoms with Gasteiger partial charge in [-0.1, -0.05) is 23.4 Å². The Morgan fingerprint density at radius 3 is 2.74 bits per heavy atom. The highest BCUT2D eigenvalue weighted by Gasteiger charge is 2.33. The van der Waals surface area contributed by atoms with E-state index in [2.05, 4.69) is 4.57 Å². The van der Waals surface area contributed by atoms with Crippen molar-refractivity contribution < 1.29 is 14.3 Å². The molecule has 1 unspecified atom stereocenters. The van der Waals surface area contributed by atoms with Gasteiger partial charge in [0.05, 0.1) is 11.9 Å². The van der Waals surface area contributed by atoms with Gasteiger partial charge in [0.1, 0.15) is 5.82 Å². The highest BCUT2D eigenvalue weighted by molar-refractivity contribution is 7.99. The maximum Gasteiger partial charge on any atom is 0.304 e. The van der Waals surface area contributed by atoms with E-state index in [0.717, 1.165) is 48.8 Å². The van der Waals surface area contributed by atoms with Crippen LogP contribution in [-0.2, 0) is 11.3 Å². The van der Waals surface area contributed by atoms with Crippen molar-refractivity contribution in [3.05, 3.63) is 69.9 Å². The molecule has 0 spiro atoms. The molecule has 0 amide bonds. The minimum absolute atomic E-state index is 0.0698. The van der Waals surface area contributed by atoms with Gasteiger partial charge in [0.25, 0.3) is 0 Å². The topological polar surface area (TPSA) is 42.2 Å². The Morgan fingerprint density at radius 1 is 1.29 bits per heavy atom. The van der Waals surface area contributed by atoms with Gasteiger partial charge in [-0.2, -0.15) is 0 Å². The van der Waals surface area contributed by atoms with Crippen molar-refractivity contribution in [2.45, 2.75) is 42.0 Å². The minimum atomic E-state index is -0.813. The Balaban J connectivity index is 1.79. The van der Waals surface area contributed by atoms with E-state index < -0.39 is 5.97 Å². The van der Waals surface area contributed by atoms with E-state index in [1.54, 1.807) is 35.2 Å². The predicted molar refractivity (Wildman–Crippen MR) is 125 cm³/mol. The van der Waals surface area contributed by atoms with Gasteiger partial charge in [0.15, 0.2) is 0 Å². The number of aromatic nitrogens is 1. The lowest BCUT2D eigenvalue weighted by Gasteiger charge is -2.12. The van der Waals surface area contributed by atoms with Crippen LogP contribution in [0.2, 0.25) is 5.02 Å². The number of aliphatic carboxylic acids is 1. The molecule has 0 saturated carbocycles. The molecule has 3 heterocycles. The number of carbonyl (C=O) groups is 1. The molecule has 31 heavy (non-hydrogen) atoms. The summed E-state index contributed by atoms with van der Waals surface area (Å²) < 4.78 is 16.9. The molecule has 1 aliphatic rings. The maximum atomic E-state index is 14.8. The number of thiophene rings is 1. The van der Waals surface area contributed by atoms with E-state index in [0.29, 0.717) is 11.6 Å². The van der Waals surface area contributed by atoms with Gasteiger partial charge >= 0.3 is 5.97 Å². The third-order valence-electron chi connectivity index (χ3n) is 5.77. The van der Waals surface area contributed by atoms with Gasteiger partial charge in [-0.15, -0.1) is 11.3 Å². The highest BCUT2D eigenvalue weighted by atomic mass is 35.5. The Labute approximate surface area is 192 Å². The van der Waals surface area contributed by atoms with Crippen molar-refractivity contribution in [1.82, 2.24) is 4.57 Å². The normalized spacial score (nSPS) is 15.5. The fourth-order valence-electron chi connectivity index (χ4n) is 4.45. The van der Waals surface area contributed by atoms with Crippen LogP contribution in [0.4, 0.5) is 4.39 Å². The Morgan fingerprint density at radius 2 is 2.06 bits per heavy atom. The number of carboxylic acid groups (broad SMARTS) is 1.